The zero-order valence-electron chi connectivity index (χ0n) is 9.59. The predicted molar refractivity (Wildman–Crippen MR) is 70.1 cm³/mol. The van der Waals surface area contributed by atoms with Gasteiger partial charge in [-0.1, -0.05) is 41.9 Å². The maximum absolute atomic E-state index is 5.55. The van der Waals surface area contributed by atoms with Gasteiger partial charge in [-0.3, -0.25) is 0 Å². The van der Waals surface area contributed by atoms with E-state index in [0.29, 0.717) is 5.92 Å². The van der Waals surface area contributed by atoms with Gasteiger partial charge < -0.3 is 5.73 Å². The topological polar surface area (TPSA) is 26.0 Å². The van der Waals surface area contributed by atoms with Gasteiger partial charge in [0.1, 0.15) is 0 Å². The summed E-state index contributed by atoms with van der Waals surface area (Å²) in [6.07, 6.45) is 3.31. The van der Waals surface area contributed by atoms with Gasteiger partial charge in [-0.15, -0.1) is 0 Å². The Morgan fingerprint density at radius 1 is 1.40 bits per heavy atom. The van der Waals surface area contributed by atoms with Gasteiger partial charge in [0.15, 0.2) is 0 Å². The summed E-state index contributed by atoms with van der Waals surface area (Å²) >= 11 is 3.61. The molecule has 2 N–H and O–H groups in total. The molecule has 0 radical (unpaired) electrons. The van der Waals surface area contributed by atoms with Gasteiger partial charge >= 0.3 is 0 Å². The lowest BCUT2D eigenvalue weighted by molar-refractivity contribution is 0.538. The highest BCUT2D eigenvalue weighted by Gasteiger charge is 2.04. The Kier molecular flexibility index (Phi) is 5.34. The third-order valence-corrected chi connectivity index (χ3v) is 3.48. The lowest BCUT2D eigenvalue weighted by Gasteiger charge is -2.11. The van der Waals surface area contributed by atoms with Gasteiger partial charge in [0.25, 0.3) is 0 Å². The normalized spacial score (nSPS) is 12.8. The minimum Gasteiger partial charge on any atom is -0.330 e. The monoisotopic (exact) mass is 269 g/mol. The van der Waals surface area contributed by atoms with E-state index in [1.807, 2.05) is 0 Å². The van der Waals surface area contributed by atoms with Gasteiger partial charge in [-0.25, -0.2) is 0 Å². The lowest BCUT2D eigenvalue weighted by Crippen LogP contribution is -2.08. The Bertz CT molecular complexity index is 309. The summed E-state index contributed by atoms with van der Waals surface area (Å²) in [5.41, 5.74) is 8.33. The molecule has 0 fully saturated rings. The predicted octanol–water partition coefficient (Wildman–Crippen LogP) is 3.54. The number of benzene rings is 1. The van der Waals surface area contributed by atoms with E-state index in [-0.39, 0.29) is 0 Å². The van der Waals surface area contributed by atoms with Gasteiger partial charge in [-0.2, -0.15) is 0 Å². The minimum atomic E-state index is 0.675. The molecule has 0 saturated heterocycles. The maximum atomic E-state index is 5.55. The van der Waals surface area contributed by atoms with Crippen LogP contribution in [0.4, 0.5) is 0 Å². The summed E-state index contributed by atoms with van der Waals surface area (Å²) in [7, 11) is 0. The Hall–Kier alpha value is -0.340. The maximum Gasteiger partial charge on any atom is 0.0209 e. The molecule has 0 aliphatic rings. The number of aryl methyl sites for hydroxylation is 1. The smallest absolute Gasteiger partial charge is 0.0209 e. The average molecular weight is 270 g/mol. The number of hydrogen-bond acceptors (Lipinski definition) is 1. The molecule has 0 bridgehead atoms. The first-order chi connectivity index (χ1) is 7.17. The fraction of sp³-hybridized carbons (Fsp3) is 0.538. The molecule has 15 heavy (non-hydrogen) atoms. The average Bonchev–Trinajstić information content (AvgIpc) is 2.18. The molecule has 0 spiro atoms. The lowest BCUT2D eigenvalue weighted by atomic mass is 9.97. The highest BCUT2D eigenvalue weighted by molar-refractivity contribution is 9.10. The van der Waals surface area contributed by atoms with E-state index in [1.54, 1.807) is 0 Å². The highest BCUT2D eigenvalue weighted by atomic mass is 79.9. The van der Waals surface area contributed by atoms with Crippen LogP contribution in [0.1, 0.15) is 31.4 Å². The molecule has 1 nitrogen and oxygen atoms in total. The summed E-state index contributed by atoms with van der Waals surface area (Å²) in [5.74, 6) is 0.675. The van der Waals surface area contributed by atoms with Crippen molar-refractivity contribution in [3.05, 3.63) is 33.8 Å². The van der Waals surface area contributed by atoms with E-state index in [4.69, 9.17) is 5.73 Å². The standard InChI is InChI=1S/C13H20BrN/c1-3-12-5-4-11(9-13(12)14)8-10(2)6-7-15/h4-5,9-10H,3,6-8,15H2,1-2H3. The Labute approximate surface area is 101 Å². The number of halogens is 1. The second kappa shape index (κ2) is 6.29. The van der Waals surface area contributed by atoms with Crippen LogP contribution in [0.25, 0.3) is 0 Å². The zero-order chi connectivity index (χ0) is 11.3. The van der Waals surface area contributed by atoms with Crippen molar-refractivity contribution in [3.63, 3.8) is 0 Å². The highest BCUT2D eigenvalue weighted by Crippen LogP contribution is 2.21. The third-order valence-electron chi connectivity index (χ3n) is 2.74. The van der Waals surface area contributed by atoms with Crippen LogP contribution in [-0.2, 0) is 12.8 Å². The van der Waals surface area contributed by atoms with Crippen molar-refractivity contribution in [2.45, 2.75) is 33.1 Å². The Morgan fingerprint density at radius 2 is 2.13 bits per heavy atom. The van der Waals surface area contributed by atoms with E-state index >= 15 is 0 Å². The van der Waals surface area contributed by atoms with Crippen molar-refractivity contribution in [1.82, 2.24) is 0 Å². The van der Waals surface area contributed by atoms with Crippen LogP contribution in [0.5, 0.6) is 0 Å². The molecule has 0 saturated carbocycles. The molecule has 84 valence electrons. The zero-order valence-corrected chi connectivity index (χ0v) is 11.2. The molecular weight excluding hydrogens is 250 g/mol. The van der Waals surface area contributed by atoms with Gasteiger partial charge in [0, 0.05) is 4.47 Å². The molecule has 0 amide bonds. The SMILES string of the molecule is CCc1ccc(CC(C)CCN)cc1Br. The molecule has 1 unspecified atom stereocenters. The quantitative estimate of drug-likeness (QED) is 0.870. The van der Waals surface area contributed by atoms with Crippen molar-refractivity contribution in [3.8, 4) is 0 Å². The molecule has 1 rings (SSSR count). The molecule has 0 aliphatic heterocycles. The Morgan fingerprint density at radius 3 is 2.67 bits per heavy atom. The van der Waals surface area contributed by atoms with Crippen molar-refractivity contribution in [1.29, 1.82) is 0 Å². The summed E-state index contributed by atoms with van der Waals surface area (Å²) in [5, 5.41) is 0. The molecule has 2 heteroatoms. The van der Waals surface area contributed by atoms with Crippen molar-refractivity contribution < 1.29 is 0 Å². The Balaban J connectivity index is 2.66. The summed E-state index contributed by atoms with van der Waals surface area (Å²) in [4.78, 5) is 0. The molecular formula is C13H20BrN. The summed E-state index contributed by atoms with van der Waals surface area (Å²) in [6.45, 7) is 5.22. The second-order valence-electron chi connectivity index (χ2n) is 4.17. The van der Waals surface area contributed by atoms with Gasteiger partial charge in [0.2, 0.25) is 0 Å². The van der Waals surface area contributed by atoms with Crippen molar-refractivity contribution in [2.24, 2.45) is 11.7 Å². The molecule has 0 heterocycles. The molecule has 1 atom stereocenters. The molecule has 1 aromatic rings. The van der Waals surface area contributed by atoms with E-state index in [0.717, 1.165) is 25.8 Å². The largest absolute Gasteiger partial charge is 0.330 e. The molecule has 0 aromatic heterocycles. The number of hydrogen-bond donors (Lipinski definition) is 1. The van der Waals surface area contributed by atoms with Crippen LogP contribution in [-0.4, -0.2) is 6.54 Å². The van der Waals surface area contributed by atoms with E-state index in [9.17, 15) is 0 Å². The first-order valence-electron chi connectivity index (χ1n) is 5.64. The van der Waals surface area contributed by atoms with Crippen LogP contribution in [0, 0.1) is 5.92 Å². The molecule has 0 aliphatic carbocycles. The second-order valence-corrected chi connectivity index (χ2v) is 5.02. The van der Waals surface area contributed by atoms with Crippen LogP contribution in [0.3, 0.4) is 0 Å². The van der Waals surface area contributed by atoms with Crippen LogP contribution in [0.2, 0.25) is 0 Å². The third kappa shape index (κ3) is 3.96. The van der Waals surface area contributed by atoms with Gasteiger partial charge in [-0.05, 0) is 48.9 Å². The van der Waals surface area contributed by atoms with Crippen LogP contribution >= 0.6 is 15.9 Å². The number of rotatable bonds is 5. The fourth-order valence-electron chi connectivity index (χ4n) is 1.79. The fourth-order valence-corrected chi connectivity index (χ4v) is 2.50. The number of nitrogens with two attached hydrogens (primary N) is 1. The van der Waals surface area contributed by atoms with Crippen LogP contribution < -0.4 is 5.73 Å². The summed E-state index contributed by atoms with van der Waals surface area (Å²) in [6, 6.07) is 6.69. The van der Waals surface area contributed by atoms with Crippen molar-refractivity contribution in [2.75, 3.05) is 6.54 Å². The first kappa shape index (κ1) is 12.7. The molecule has 1 aromatic carbocycles. The van der Waals surface area contributed by atoms with E-state index in [1.165, 1.54) is 15.6 Å². The minimum absolute atomic E-state index is 0.675. The summed E-state index contributed by atoms with van der Waals surface area (Å²) < 4.78 is 1.24. The first-order valence-corrected chi connectivity index (χ1v) is 6.44. The van der Waals surface area contributed by atoms with Crippen LogP contribution in [0.15, 0.2) is 22.7 Å². The van der Waals surface area contributed by atoms with E-state index < -0.39 is 0 Å². The van der Waals surface area contributed by atoms with E-state index in [2.05, 4.69) is 48.0 Å². The van der Waals surface area contributed by atoms with Gasteiger partial charge in [0.05, 0.1) is 0 Å². The van der Waals surface area contributed by atoms with Crippen molar-refractivity contribution >= 4 is 15.9 Å².